The molecule has 0 spiro atoms. The molecule has 0 atom stereocenters. The lowest BCUT2D eigenvalue weighted by Gasteiger charge is -2.24. The molecule has 0 aromatic carbocycles. The summed E-state index contributed by atoms with van der Waals surface area (Å²) in [6.45, 7) is 5.35. The van der Waals surface area contributed by atoms with Crippen molar-refractivity contribution >= 4 is 11.9 Å². The van der Waals surface area contributed by atoms with Crippen LogP contribution in [0.1, 0.15) is 12.8 Å². The lowest BCUT2D eigenvalue weighted by molar-refractivity contribution is -0.115. The number of nitrogens with two attached hydrogens (primary N) is 2. The molecule has 2 heterocycles. The summed E-state index contributed by atoms with van der Waals surface area (Å²) in [4.78, 5) is 11.3. The molecule has 96 valence electrons. The van der Waals surface area contributed by atoms with Crippen LogP contribution in [0.5, 0.6) is 0 Å². The van der Waals surface area contributed by atoms with Gasteiger partial charge in [-0.3, -0.25) is 4.79 Å². The van der Waals surface area contributed by atoms with Crippen molar-refractivity contribution in [3.63, 3.8) is 0 Å². The largest absolute Gasteiger partial charge is 0.407 e. The van der Waals surface area contributed by atoms with E-state index in [1.807, 2.05) is 0 Å². The average molecular weight is 242 g/mol. The summed E-state index contributed by atoms with van der Waals surface area (Å²) in [6, 6.07) is 0.585. The highest BCUT2D eigenvalue weighted by molar-refractivity contribution is 5.70. The van der Waals surface area contributed by atoms with Crippen LogP contribution in [0.2, 0.25) is 0 Å². The Bertz CT molecular complexity index is 343. The molecule has 1 amide bonds. The molecule has 0 bridgehead atoms. The van der Waals surface area contributed by atoms with Gasteiger partial charge >= 0.3 is 6.01 Å². The molecule has 1 fully saturated rings. The fourth-order valence-electron chi connectivity index (χ4n) is 1.31. The number of piperazine rings is 1. The van der Waals surface area contributed by atoms with Crippen LogP contribution in [-0.4, -0.2) is 42.3 Å². The molecule has 1 saturated heterocycles. The number of nitrogens with one attached hydrogen (secondary N) is 1. The normalized spacial score (nSPS) is 15.1. The SMILES string of the molecule is CC(N)=O.NCc1nnc(N2CCNCC2)o1. The van der Waals surface area contributed by atoms with E-state index >= 15 is 0 Å². The number of anilines is 1. The van der Waals surface area contributed by atoms with Crippen LogP contribution in [0.15, 0.2) is 4.42 Å². The summed E-state index contributed by atoms with van der Waals surface area (Å²) < 4.78 is 5.32. The van der Waals surface area contributed by atoms with Gasteiger partial charge in [0.15, 0.2) is 0 Å². The third-order valence-corrected chi connectivity index (χ3v) is 2.02. The summed E-state index contributed by atoms with van der Waals surface area (Å²) in [7, 11) is 0. The van der Waals surface area contributed by atoms with Crippen LogP contribution in [0.4, 0.5) is 6.01 Å². The third kappa shape index (κ3) is 4.79. The molecule has 8 heteroatoms. The fraction of sp³-hybridized carbons (Fsp3) is 0.667. The second-order valence-electron chi connectivity index (χ2n) is 3.53. The van der Waals surface area contributed by atoms with E-state index in [1.54, 1.807) is 0 Å². The summed E-state index contributed by atoms with van der Waals surface area (Å²) >= 11 is 0. The standard InChI is InChI=1S/C7H13N5O.C2H5NO/c8-5-6-10-11-7(13-6)12-3-1-9-2-4-12;1-2(3)4/h9H,1-5,8H2;1H3,(H2,3,4). The maximum Gasteiger partial charge on any atom is 0.318 e. The maximum absolute atomic E-state index is 9.22. The second kappa shape index (κ2) is 6.81. The minimum absolute atomic E-state index is 0.305. The molecule has 0 radical (unpaired) electrons. The van der Waals surface area contributed by atoms with Gasteiger partial charge in [-0.05, 0) is 0 Å². The van der Waals surface area contributed by atoms with Crippen LogP contribution in [0, 0.1) is 0 Å². The number of primary amides is 1. The lowest BCUT2D eigenvalue weighted by Crippen LogP contribution is -2.43. The minimum atomic E-state index is -0.333. The summed E-state index contributed by atoms with van der Waals surface area (Å²) in [5.41, 5.74) is 9.84. The molecule has 5 N–H and O–H groups in total. The molecule has 8 nitrogen and oxygen atoms in total. The maximum atomic E-state index is 9.22. The number of aromatic nitrogens is 2. The lowest BCUT2D eigenvalue weighted by atomic mass is 10.4. The number of amides is 1. The van der Waals surface area contributed by atoms with Crippen molar-refractivity contribution in [3.8, 4) is 0 Å². The van der Waals surface area contributed by atoms with E-state index in [9.17, 15) is 4.79 Å². The first kappa shape index (κ1) is 13.4. The number of carbonyl (C=O) groups excluding carboxylic acids is 1. The smallest absolute Gasteiger partial charge is 0.318 e. The van der Waals surface area contributed by atoms with Crippen molar-refractivity contribution in [2.24, 2.45) is 11.5 Å². The number of hydrogen-bond acceptors (Lipinski definition) is 7. The zero-order valence-corrected chi connectivity index (χ0v) is 9.85. The molecule has 1 aliphatic heterocycles. The molecule has 0 aliphatic carbocycles. The second-order valence-corrected chi connectivity index (χ2v) is 3.53. The van der Waals surface area contributed by atoms with Gasteiger partial charge in [0, 0.05) is 33.1 Å². The van der Waals surface area contributed by atoms with Crippen LogP contribution in [-0.2, 0) is 11.3 Å². The van der Waals surface area contributed by atoms with E-state index in [0.29, 0.717) is 18.5 Å². The third-order valence-electron chi connectivity index (χ3n) is 2.02. The Balaban J connectivity index is 0.000000317. The zero-order valence-electron chi connectivity index (χ0n) is 9.85. The monoisotopic (exact) mass is 242 g/mol. The molecule has 1 aromatic rings. The van der Waals surface area contributed by atoms with Crippen LogP contribution in [0.3, 0.4) is 0 Å². The summed E-state index contributed by atoms with van der Waals surface area (Å²) in [5.74, 6) is 0.161. The van der Waals surface area contributed by atoms with Gasteiger partial charge in [-0.25, -0.2) is 0 Å². The van der Waals surface area contributed by atoms with Crippen molar-refractivity contribution in [3.05, 3.63) is 5.89 Å². The minimum Gasteiger partial charge on any atom is -0.407 e. The molecule has 0 saturated carbocycles. The van der Waals surface area contributed by atoms with Gasteiger partial charge in [-0.15, -0.1) is 5.10 Å². The van der Waals surface area contributed by atoms with E-state index in [4.69, 9.17) is 10.2 Å². The highest BCUT2D eigenvalue weighted by Gasteiger charge is 2.15. The molecule has 1 aromatic heterocycles. The van der Waals surface area contributed by atoms with Gasteiger partial charge in [0.25, 0.3) is 0 Å². The number of rotatable bonds is 2. The van der Waals surface area contributed by atoms with Gasteiger partial charge in [0.05, 0.1) is 6.54 Å². The molecule has 1 aliphatic rings. The van der Waals surface area contributed by atoms with E-state index in [2.05, 4.69) is 26.1 Å². The first-order chi connectivity index (χ1) is 8.13. The van der Waals surface area contributed by atoms with E-state index in [1.165, 1.54) is 6.92 Å². The Morgan fingerprint density at radius 3 is 2.53 bits per heavy atom. The van der Waals surface area contributed by atoms with Crippen molar-refractivity contribution in [1.29, 1.82) is 0 Å². The van der Waals surface area contributed by atoms with Crippen LogP contribution in [0.25, 0.3) is 0 Å². The first-order valence-electron chi connectivity index (χ1n) is 5.37. The van der Waals surface area contributed by atoms with Crippen molar-refractivity contribution in [2.75, 3.05) is 31.1 Å². The predicted molar refractivity (Wildman–Crippen MR) is 62.1 cm³/mol. The number of carbonyl (C=O) groups is 1. The number of hydrogen-bond donors (Lipinski definition) is 3. The fourth-order valence-corrected chi connectivity index (χ4v) is 1.31. The molecular weight excluding hydrogens is 224 g/mol. The van der Waals surface area contributed by atoms with Gasteiger partial charge in [0.2, 0.25) is 11.8 Å². The van der Waals surface area contributed by atoms with Gasteiger partial charge < -0.3 is 26.1 Å². The summed E-state index contributed by atoms with van der Waals surface area (Å²) in [5, 5.41) is 11.0. The Hall–Kier alpha value is -1.67. The van der Waals surface area contributed by atoms with Crippen LogP contribution >= 0.6 is 0 Å². The molecule has 0 unspecified atom stereocenters. The Kier molecular flexibility index (Phi) is 5.37. The van der Waals surface area contributed by atoms with Gasteiger partial charge in [0.1, 0.15) is 0 Å². The first-order valence-corrected chi connectivity index (χ1v) is 5.37. The van der Waals surface area contributed by atoms with Crippen molar-refractivity contribution < 1.29 is 9.21 Å². The molecule has 2 rings (SSSR count). The van der Waals surface area contributed by atoms with E-state index in [0.717, 1.165) is 26.2 Å². The quantitative estimate of drug-likeness (QED) is 0.572. The zero-order chi connectivity index (χ0) is 12.7. The highest BCUT2D eigenvalue weighted by Crippen LogP contribution is 2.11. The number of nitrogens with zero attached hydrogens (tertiary/aromatic N) is 3. The van der Waals surface area contributed by atoms with E-state index in [-0.39, 0.29) is 5.91 Å². The Morgan fingerprint density at radius 2 is 2.06 bits per heavy atom. The average Bonchev–Trinajstić information content (AvgIpc) is 2.78. The Morgan fingerprint density at radius 1 is 1.47 bits per heavy atom. The topological polar surface area (TPSA) is 123 Å². The van der Waals surface area contributed by atoms with Crippen molar-refractivity contribution in [2.45, 2.75) is 13.5 Å². The van der Waals surface area contributed by atoms with Crippen molar-refractivity contribution in [1.82, 2.24) is 15.5 Å². The molecular formula is C9H18N6O2. The van der Waals surface area contributed by atoms with E-state index < -0.39 is 0 Å². The predicted octanol–water partition coefficient (Wildman–Crippen LogP) is -1.57. The highest BCUT2D eigenvalue weighted by atomic mass is 16.4. The van der Waals surface area contributed by atoms with Gasteiger partial charge in [-0.1, -0.05) is 5.10 Å². The summed E-state index contributed by atoms with van der Waals surface area (Å²) in [6.07, 6.45) is 0. The molecule has 17 heavy (non-hydrogen) atoms. The Labute approximate surface area is 99.3 Å². The van der Waals surface area contributed by atoms with Crippen LogP contribution < -0.4 is 21.7 Å². The van der Waals surface area contributed by atoms with Gasteiger partial charge in [-0.2, -0.15) is 0 Å².